The highest BCUT2D eigenvalue weighted by Gasteiger charge is 2.42. The summed E-state index contributed by atoms with van der Waals surface area (Å²) in [7, 11) is 4.93. The summed E-state index contributed by atoms with van der Waals surface area (Å²) >= 11 is 7.24. The van der Waals surface area contributed by atoms with Gasteiger partial charge in [-0.15, -0.1) is 11.3 Å². The first-order chi connectivity index (χ1) is 14.1. The third-order valence-corrected chi connectivity index (χ3v) is 6.28. The Morgan fingerprint density at radius 1 is 1.37 bits per heavy atom. The SMILES string of the molecule is COc1c(-c2cccc(C(F)(F)F)c2)c(=O)n2c([n+]1C)N(C)C[C@H]2c1cnc(Cl)s1. The van der Waals surface area contributed by atoms with Gasteiger partial charge in [0.25, 0.3) is 5.88 Å². The van der Waals surface area contributed by atoms with Crippen molar-refractivity contribution in [2.45, 2.75) is 12.2 Å². The fourth-order valence-corrected chi connectivity index (χ4v) is 4.88. The Labute approximate surface area is 178 Å². The monoisotopic (exact) mass is 457 g/mol. The van der Waals surface area contributed by atoms with Gasteiger partial charge in [0.2, 0.25) is 0 Å². The summed E-state index contributed by atoms with van der Waals surface area (Å²) in [6.07, 6.45) is -2.91. The molecule has 30 heavy (non-hydrogen) atoms. The minimum atomic E-state index is -4.53. The minimum absolute atomic E-state index is 0.0609. The Balaban J connectivity index is 2.00. The first kappa shape index (κ1) is 20.7. The maximum absolute atomic E-state index is 13.6. The molecule has 158 valence electrons. The van der Waals surface area contributed by atoms with Crippen LogP contribution < -0.4 is 19.8 Å². The van der Waals surface area contributed by atoms with Crippen molar-refractivity contribution in [1.29, 1.82) is 0 Å². The summed E-state index contributed by atoms with van der Waals surface area (Å²) in [5, 5.41) is 0. The van der Waals surface area contributed by atoms with E-state index in [-0.39, 0.29) is 23.0 Å². The van der Waals surface area contributed by atoms with Gasteiger partial charge in [-0.25, -0.2) is 14.3 Å². The zero-order chi connectivity index (χ0) is 21.8. The molecule has 0 spiro atoms. The van der Waals surface area contributed by atoms with Crippen molar-refractivity contribution in [2.75, 3.05) is 25.6 Å². The van der Waals surface area contributed by atoms with E-state index in [1.807, 2.05) is 11.9 Å². The number of hydrogen-bond donors (Lipinski definition) is 0. The van der Waals surface area contributed by atoms with Crippen LogP contribution in [0.2, 0.25) is 4.47 Å². The van der Waals surface area contributed by atoms with E-state index in [0.29, 0.717) is 17.0 Å². The van der Waals surface area contributed by atoms with Gasteiger partial charge in [-0.3, -0.25) is 4.90 Å². The number of thiazole rings is 1. The number of alkyl halides is 3. The number of ether oxygens (including phenoxy) is 1. The van der Waals surface area contributed by atoms with Gasteiger partial charge in [0, 0.05) is 6.20 Å². The molecule has 2 aromatic heterocycles. The molecule has 0 fully saturated rings. The summed E-state index contributed by atoms with van der Waals surface area (Å²) in [5.41, 5.74) is -1.09. The molecule has 4 rings (SSSR count). The lowest BCUT2D eigenvalue weighted by Crippen LogP contribution is -2.43. The quantitative estimate of drug-likeness (QED) is 0.565. The number of hydrogen-bond acceptors (Lipinski definition) is 5. The number of aromatic nitrogens is 3. The number of methoxy groups -OCH3 is 1. The summed E-state index contributed by atoms with van der Waals surface area (Å²) in [6, 6.07) is 4.31. The van der Waals surface area contributed by atoms with Gasteiger partial charge >= 0.3 is 17.7 Å². The summed E-state index contributed by atoms with van der Waals surface area (Å²) in [5.74, 6) is 0.752. The third-order valence-electron chi connectivity index (χ3n) is 5.06. The molecule has 1 atom stereocenters. The molecule has 11 heteroatoms. The lowest BCUT2D eigenvalue weighted by molar-refractivity contribution is -0.666. The molecule has 0 unspecified atom stereocenters. The standard InChI is InChI=1S/C19H17ClF3N4O2S/c1-25-9-12(13-8-24-17(20)30-13)27-15(28)14(16(29-3)26(2)18(25)27)10-5-4-6-11(7-10)19(21,22)23/h4-8,12H,9H2,1-3H3/q+1/t12-/m0/s1. The highest BCUT2D eigenvalue weighted by Crippen LogP contribution is 2.37. The second-order valence-corrected chi connectivity index (χ2v) is 8.55. The van der Waals surface area contributed by atoms with E-state index in [0.717, 1.165) is 17.0 Å². The van der Waals surface area contributed by atoms with Crippen molar-refractivity contribution in [3.05, 3.63) is 55.7 Å². The van der Waals surface area contributed by atoms with Crippen molar-refractivity contribution in [2.24, 2.45) is 7.05 Å². The summed E-state index contributed by atoms with van der Waals surface area (Å²) < 4.78 is 48.8. The van der Waals surface area contributed by atoms with Gasteiger partial charge < -0.3 is 4.74 Å². The van der Waals surface area contributed by atoms with Gasteiger partial charge in [0.05, 0.1) is 31.6 Å². The van der Waals surface area contributed by atoms with E-state index in [1.54, 1.807) is 22.4 Å². The maximum Gasteiger partial charge on any atom is 0.416 e. The van der Waals surface area contributed by atoms with Crippen molar-refractivity contribution >= 4 is 28.9 Å². The Kier molecular flexibility index (Phi) is 5.01. The highest BCUT2D eigenvalue weighted by atomic mass is 35.5. The summed E-state index contributed by atoms with van der Waals surface area (Å²) in [4.78, 5) is 20.3. The van der Waals surface area contributed by atoms with Crippen LogP contribution in [0.4, 0.5) is 19.1 Å². The maximum atomic E-state index is 13.6. The Bertz CT molecular complexity index is 1190. The van der Waals surface area contributed by atoms with Crippen LogP contribution in [0.15, 0.2) is 35.3 Å². The van der Waals surface area contributed by atoms with Crippen LogP contribution in [-0.4, -0.2) is 30.3 Å². The topological polar surface area (TPSA) is 51.2 Å². The molecule has 0 bridgehead atoms. The molecule has 0 amide bonds. The molecule has 0 saturated carbocycles. The predicted octanol–water partition coefficient (Wildman–Crippen LogP) is 3.52. The molecule has 3 aromatic rings. The molecule has 3 heterocycles. The first-order valence-electron chi connectivity index (χ1n) is 8.86. The predicted molar refractivity (Wildman–Crippen MR) is 107 cm³/mol. The van der Waals surface area contributed by atoms with E-state index in [4.69, 9.17) is 16.3 Å². The molecule has 0 saturated heterocycles. The Hall–Kier alpha value is -2.59. The molecule has 1 aliphatic rings. The Morgan fingerprint density at radius 2 is 2.10 bits per heavy atom. The van der Waals surface area contributed by atoms with Gasteiger partial charge in [0.15, 0.2) is 10.5 Å². The fourth-order valence-electron chi connectivity index (χ4n) is 3.84. The molecular weight excluding hydrogens is 441 g/mol. The van der Waals surface area contributed by atoms with Crippen LogP contribution in [0.25, 0.3) is 11.1 Å². The van der Waals surface area contributed by atoms with Crippen LogP contribution in [0, 0.1) is 0 Å². The number of anilines is 1. The number of fused-ring (bicyclic) bond motifs is 1. The highest BCUT2D eigenvalue weighted by molar-refractivity contribution is 7.15. The molecule has 6 nitrogen and oxygen atoms in total. The van der Waals surface area contributed by atoms with Gasteiger partial charge in [-0.05, 0) is 17.7 Å². The van der Waals surface area contributed by atoms with E-state index in [1.165, 1.54) is 30.6 Å². The first-order valence-corrected chi connectivity index (χ1v) is 10.1. The van der Waals surface area contributed by atoms with Crippen molar-refractivity contribution in [3.63, 3.8) is 0 Å². The van der Waals surface area contributed by atoms with E-state index in [2.05, 4.69) is 4.98 Å². The fraction of sp³-hybridized carbons (Fsp3) is 0.316. The second-order valence-electron chi connectivity index (χ2n) is 6.91. The van der Waals surface area contributed by atoms with Gasteiger partial charge in [-0.2, -0.15) is 17.7 Å². The molecule has 1 aromatic carbocycles. The number of nitrogens with zero attached hydrogens (tertiary/aromatic N) is 4. The van der Waals surface area contributed by atoms with Crippen molar-refractivity contribution in [1.82, 2.24) is 9.55 Å². The lowest BCUT2D eigenvalue weighted by Gasteiger charge is -2.15. The molecule has 0 N–H and O–H groups in total. The number of rotatable bonds is 3. The van der Waals surface area contributed by atoms with Crippen LogP contribution in [0.5, 0.6) is 5.88 Å². The second kappa shape index (κ2) is 7.28. The van der Waals surface area contributed by atoms with E-state index < -0.39 is 17.3 Å². The number of benzene rings is 1. The van der Waals surface area contributed by atoms with Gasteiger partial charge in [0.1, 0.15) is 12.1 Å². The molecule has 1 aliphatic heterocycles. The van der Waals surface area contributed by atoms with Crippen LogP contribution >= 0.6 is 22.9 Å². The lowest BCUT2D eigenvalue weighted by atomic mass is 10.0. The van der Waals surface area contributed by atoms with E-state index in [9.17, 15) is 18.0 Å². The van der Waals surface area contributed by atoms with Crippen LogP contribution in [-0.2, 0) is 13.2 Å². The zero-order valence-electron chi connectivity index (χ0n) is 16.2. The number of likely N-dealkylation sites (N-methyl/N-ethyl adjacent to an activating group) is 1. The van der Waals surface area contributed by atoms with Crippen molar-refractivity contribution < 1.29 is 22.5 Å². The summed E-state index contributed by atoms with van der Waals surface area (Å²) in [6.45, 7) is 0.483. The van der Waals surface area contributed by atoms with E-state index >= 15 is 0 Å². The average Bonchev–Trinajstić information content (AvgIpc) is 3.27. The van der Waals surface area contributed by atoms with Crippen molar-refractivity contribution in [3.8, 4) is 17.0 Å². The average molecular weight is 458 g/mol. The molecule has 0 aliphatic carbocycles. The largest absolute Gasteiger partial charge is 0.471 e. The smallest absolute Gasteiger partial charge is 0.416 e. The van der Waals surface area contributed by atoms with Crippen LogP contribution in [0.1, 0.15) is 16.5 Å². The normalized spacial score (nSPS) is 16.1. The third kappa shape index (κ3) is 3.24. The van der Waals surface area contributed by atoms with Gasteiger partial charge in [-0.1, -0.05) is 23.7 Å². The minimum Gasteiger partial charge on any atom is -0.471 e. The zero-order valence-corrected chi connectivity index (χ0v) is 17.8. The number of halogens is 4. The Morgan fingerprint density at radius 3 is 2.70 bits per heavy atom. The van der Waals surface area contributed by atoms with Crippen LogP contribution in [0.3, 0.4) is 0 Å². The molecule has 0 radical (unpaired) electrons. The molecular formula is C19H17ClF3N4O2S+.